The van der Waals surface area contributed by atoms with Crippen LogP contribution in [-0.2, 0) is 16.0 Å². The molecule has 5 atom stereocenters. The minimum atomic E-state index is -0.156. The predicted octanol–water partition coefficient (Wildman–Crippen LogP) is 4.69. The third-order valence-corrected chi connectivity index (χ3v) is 7.65. The van der Waals surface area contributed by atoms with Crippen molar-refractivity contribution in [3.8, 4) is 5.75 Å². The molecule has 0 aliphatic heterocycles. The highest BCUT2D eigenvalue weighted by Gasteiger charge is 2.56. The summed E-state index contributed by atoms with van der Waals surface area (Å²) in [6, 6.07) is 4.20. The molecule has 0 radical (unpaired) electrons. The van der Waals surface area contributed by atoms with Crippen LogP contribution in [0.2, 0.25) is 0 Å². The van der Waals surface area contributed by atoms with Gasteiger partial charge in [0.15, 0.2) is 5.78 Å². The Kier molecular flexibility index (Phi) is 4.56. The summed E-state index contributed by atoms with van der Waals surface area (Å²) in [5.74, 6) is 2.33. The second-order valence-electron chi connectivity index (χ2n) is 8.94. The number of fused-ring (bicyclic) bond motifs is 5. The molecular formula is C23H30O4. The first-order valence-corrected chi connectivity index (χ1v) is 10.2. The lowest BCUT2D eigenvalue weighted by molar-refractivity contribution is -0.154. The molecule has 3 aliphatic carbocycles. The van der Waals surface area contributed by atoms with Crippen molar-refractivity contribution >= 4 is 11.8 Å². The van der Waals surface area contributed by atoms with E-state index in [0.717, 1.165) is 32.1 Å². The number of ketones is 1. The van der Waals surface area contributed by atoms with Gasteiger partial charge in [-0.25, -0.2) is 0 Å². The zero-order chi connectivity index (χ0) is 19.3. The van der Waals surface area contributed by atoms with Crippen LogP contribution in [0.25, 0.3) is 0 Å². The van der Waals surface area contributed by atoms with Crippen molar-refractivity contribution in [3.63, 3.8) is 0 Å². The number of methoxy groups -OCH3 is 1. The van der Waals surface area contributed by atoms with Crippen LogP contribution >= 0.6 is 0 Å². The summed E-state index contributed by atoms with van der Waals surface area (Å²) in [5, 5.41) is 0. The fraction of sp³-hybridized carbons (Fsp3) is 0.652. The zero-order valence-corrected chi connectivity index (χ0v) is 16.8. The normalized spacial score (nSPS) is 34.2. The molecule has 3 aliphatic rings. The highest BCUT2D eigenvalue weighted by molar-refractivity contribution is 5.97. The lowest BCUT2D eigenvalue weighted by Gasteiger charge is -2.50. The van der Waals surface area contributed by atoms with Crippen LogP contribution in [0.15, 0.2) is 12.1 Å². The van der Waals surface area contributed by atoms with E-state index in [1.54, 1.807) is 14.0 Å². The first-order valence-electron chi connectivity index (χ1n) is 10.2. The molecule has 0 saturated heterocycles. The van der Waals surface area contributed by atoms with Crippen molar-refractivity contribution < 1.29 is 19.1 Å². The van der Waals surface area contributed by atoms with Gasteiger partial charge >= 0.3 is 5.97 Å². The van der Waals surface area contributed by atoms with Gasteiger partial charge in [-0.15, -0.1) is 0 Å². The van der Waals surface area contributed by atoms with E-state index in [1.807, 2.05) is 0 Å². The lowest BCUT2D eigenvalue weighted by atomic mass is 9.55. The molecule has 0 unspecified atom stereocenters. The summed E-state index contributed by atoms with van der Waals surface area (Å²) in [7, 11) is 1.64. The van der Waals surface area contributed by atoms with Gasteiger partial charge in [0.1, 0.15) is 11.9 Å². The number of carbonyl (C=O) groups is 2. The molecule has 0 aromatic heterocycles. The Morgan fingerprint density at radius 3 is 2.56 bits per heavy atom. The van der Waals surface area contributed by atoms with Gasteiger partial charge in [0.05, 0.1) is 12.7 Å². The Hall–Kier alpha value is -1.84. The third-order valence-electron chi connectivity index (χ3n) is 7.65. The molecule has 0 bridgehead atoms. The number of rotatable bonds is 3. The summed E-state index contributed by atoms with van der Waals surface area (Å²) in [6.45, 7) is 5.47. The van der Waals surface area contributed by atoms with E-state index in [4.69, 9.17) is 9.47 Å². The highest BCUT2D eigenvalue weighted by atomic mass is 16.5. The standard InChI is InChI=1S/C23H30O4/c1-13(24)18-12-19-15(11-21(18)26-4)5-6-17-16(19)9-10-23(3)20(17)7-8-22(23)27-14(2)25/h11-12,16-17,20,22H,5-10H2,1-4H3/t16-,17+,20+,22-,23-/m0/s1. The van der Waals surface area contributed by atoms with Crippen molar-refractivity contribution in [2.45, 2.75) is 71.3 Å². The minimum absolute atomic E-state index is 0.0611. The molecule has 1 aromatic carbocycles. The van der Waals surface area contributed by atoms with E-state index >= 15 is 0 Å². The van der Waals surface area contributed by atoms with Gasteiger partial charge in [-0.3, -0.25) is 9.59 Å². The number of aryl methyl sites for hydroxylation is 1. The van der Waals surface area contributed by atoms with E-state index < -0.39 is 0 Å². The number of carbonyl (C=O) groups excluding carboxylic acids is 2. The average Bonchev–Trinajstić information content (AvgIpc) is 2.96. The van der Waals surface area contributed by atoms with Crippen molar-refractivity contribution in [3.05, 3.63) is 28.8 Å². The molecule has 2 saturated carbocycles. The van der Waals surface area contributed by atoms with Crippen LogP contribution < -0.4 is 4.74 Å². The van der Waals surface area contributed by atoms with Gasteiger partial charge in [-0.05, 0) is 86.5 Å². The summed E-state index contributed by atoms with van der Waals surface area (Å²) in [5.41, 5.74) is 3.50. The quantitative estimate of drug-likeness (QED) is 0.572. The Bertz CT molecular complexity index is 783. The molecule has 4 rings (SSSR count). The van der Waals surface area contributed by atoms with Crippen molar-refractivity contribution in [2.75, 3.05) is 7.11 Å². The monoisotopic (exact) mass is 370 g/mol. The molecule has 0 spiro atoms. The number of ether oxygens (including phenoxy) is 2. The van der Waals surface area contributed by atoms with Gasteiger partial charge in [-0.1, -0.05) is 6.92 Å². The van der Waals surface area contributed by atoms with Gasteiger partial charge in [0, 0.05) is 12.3 Å². The Labute approximate surface area is 161 Å². The topological polar surface area (TPSA) is 52.6 Å². The van der Waals surface area contributed by atoms with E-state index in [2.05, 4.69) is 19.1 Å². The number of esters is 1. The van der Waals surface area contributed by atoms with Crippen LogP contribution in [-0.4, -0.2) is 25.0 Å². The van der Waals surface area contributed by atoms with Crippen LogP contribution in [0, 0.1) is 17.3 Å². The Morgan fingerprint density at radius 1 is 1.11 bits per heavy atom. The molecule has 0 amide bonds. The molecule has 1 aromatic rings. The summed E-state index contributed by atoms with van der Waals surface area (Å²) >= 11 is 0. The zero-order valence-electron chi connectivity index (χ0n) is 16.8. The number of hydrogen-bond donors (Lipinski definition) is 0. The lowest BCUT2D eigenvalue weighted by Crippen LogP contribution is -2.45. The summed E-state index contributed by atoms with van der Waals surface area (Å²) in [6.07, 6.45) is 6.58. The van der Waals surface area contributed by atoms with Gasteiger partial charge in [-0.2, -0.15) is 0 Å². The summed E-state index contributed by atoms with van der Waals surface area (Å²) < 4.78 is 11.2. The smallest absolute Gasteiger partial charge is 0.302 e. The third kappa shape index (κ3) is 2.88. The maximum absolute atomic E-state index is 12.1. The number of hydrogen-bond acceptors (Lipinski definition) is 4. The second kappa shape index (κ2) is 6.65. The Morgan fingerprint density at radius 2 is 1.89 bits per heavy atom. The Balaban J connectivity index is 1.67. The maximum Gasteiger partial charge on any atom is 0.302 e. The fourth-order valence-electron chi connectivity index (χ4n) is 6.39. The summed E-state index contributed by atoms with van der Waals surface area (Å²) in [4.78, 5) is 23.7. The maximum atomic E-state index is 12.1. The van der Waals surface area contributed by atoms with Gasteiger partial charge in [0.25, 0.3) is 0 Å². The number of benzene rings is 1. The van der Waals surface area contributed by atoms with Crippen molar-refractivity contribution in [2.24, 2.45) is 17.3 Å². The first kappa shape index (κ1) is 18.5. The second-order valence-corrected chi connectivity index (χ2v) is 8.94. The SMILES string of the molecule is COc1cc2c(cc1C(C)=O)[C@H]1CC[C@]3(C)[C@@H](OC(C)=O)CC[C@@H]3[C@@H]1CC2. The number of Topliss-reactive ketones (excluding diaryl/α,β-unsaturated/α-hetero) is 1. The van der Waals surface area contributed by atoms with Crippen LogP contribution in [0.4, 0.5) is 0 Å². The molecule has 27 heavy (non-hydrogen) atoms. The predicted molar refractivity (Wildman–Crippen MR) is 103 cm³/mol. The molecule has 0 heterocycles. The van der Waals surface area contributed by atoms with Crippen LogP contribution in [0.1, 0.15) is 80.3 Å². The van der Waals surface area contributed by atoms with E-state index in [1.165, 1.54) is 24.5 Å². The van der Waals surface area contributed by atoms with Gasteiger partial charge in [0.2, 0.25) is 0 Å². The van der Waals surface area contributed by atoms with E-state index in [9.17, 15) is 9.59 Å². The minimum Gasteiger partial charge on any atom is -0.496 e. The highest BCUT2D eigenvalue weighted by Crippen LogP contribution is 2.61. The van der Waals surface area contributed by atoms with E-state index in [-0.39, 0.29) is 23.3 Å². The largest absolute Gasteiger partial charge is 0.496 e. The first-order chi connectivity index (χ1) is 12.8. The molecule has 4 nitrogen and oxygen atoms in total. The van der Waals surface area contributed by atoms with E-state index in [0.29, 0.717) is 29.1 Å². The van der Waals surface area contributed by atoms with Crippen molar-refractivity contribution in [1.82, 2.24) is 0 Å². The fourth-order valence-corrected chi connectivity index (χ4v) is 6.39. The van der Waals surface area contributed by atoms with Crippen LogP contribution in [0.5, 0.6) is 5.75 Å². The molecular weight excluding hydrogens is 340 g/mol. The molecule has 2 fully saturated rings. The van der Waals surface area contributed by atoms with Crippen molar-refractivity contribution in [1.29, 1.82) is 0 Å². The average molecular weight is 370 g/mol. The van der Waals surface area contributed by atoms with Gasteiger partial charge < -0.3 is 9.47 Å². The van der Waals surface area contributed by atoms with Crippen LogP contribution in [0.3, 0.4) is 0 Å². The molecule has 146 valence electrons. The molecule has 0 N–H and O–H groups in total. The molecule has 4 heteroatoms.